The SMILES string of the molecule is C/C=C(/c1cccc2c(-c3ccccc3)csc12)N(C)C. The lowest BCUT2D eigenvalue weighted by atomic mass is 10.0. The molecule has 0 aliphatic heterocycles. The molecule has 1 heterocycles. The standard InChI is InChI=1S/C19H19NS/c1-4-18(20(2)3)16-12-8-11-15-17(13-21-19(15)16)14-9-6-5-7-10-14/h4-13H,1-3H3/b18-4-. The Morgan fingerprint density at radius 1 is 1.00 bits per heavy atom. The lowest BCUT2D eigenvalue weighted by Crippen LogP contribution is -2.09. The second-order valence-corrected chi connectivity index (χ2v) is 6.15. The maximum absolute atomic E-state index is 2.27. The van der Waals surface area contributed by atoms with Gasteiger partial charge < -0.3 is 4.90 Å². The highest BCUT2D eigenvalue weighted by Crippen LogP contribution is 2.38. The Labute approximate surface area is 130 Å². The molecule has 3 aromatic rings. The number of hydrogen-bond acceptors (Lipinski definition) is 2. The summed E-state index contributed by atoms with van der Waals surface area (Å²) in [5, 5.41) is 3.61. The van der Waals surface area contributed by atoms with Gasteiger partial charge in [-0.1, -0.05) is 54.6 Å². The molecule has 0 N–H and O–H groups in total. The molecule has 0 bridgehead atoms. The van der Waals surface area contributed by atoms with Crippen molar-refractivity contribution in [2.24, 2.45) is 0 Å². The molecule has 0 radical (unpaired) electrons. The summed E-state index contributed by atoms with van der Waals surface area (Å²) in [5.74, 6) is 0. The van der Waals surface area contributed by atoms with Gasteiger partial charge in [0.05, 0.1) is 0 Å². The van der Waals surface area contributed by atoms with Crippen molar-refractivity contribution in [3.63, 3.8) is 0 Å². The van der Waals surface area contributed by atoms with Gasteiger partial charge in [-0.25, -0.2) is 0 Å². The number of allylic oxidation sites excluding steroid dienone is 1. The van der Waals surface area contributed by atoms with Gasteiger partial charge in [0.2, 0.25) is 0 Å². The quantitative estimate of drug-likeness (QED) is 0.617. The molecule has 0 unspecified atom stereocenters. The van der Waals surface area contributed by atoms with Crippen LogP contribution in [0.3, 0.4) is 0 Å². The average molecular weight is 293 g/mol. The van der Waals surface area contributed by atoms with Gasteiger partial charge in [0.15, 0.2) is 0 Å². The van der Waals surface area contributed by atoms with Crippen LogP contribution in [0.25, 0.3) is 26.9 Å². The molecule has 0 aliphatic carbocycles. The molecular weight excluding hydrogens is 274 g/mol. The first-order chi connectivity index (χ1) is 10.2. The first-order valence-electron chi connectivity index (χ1n) is 7.12. The summed E-state index contributed by atoms with van der Waals surface area (Å²) in [5.41, 5.74) is 5.19. The van der Waals surface area contributed by atoms with Crippen LogP contribution in [-0.4, -0.2) is 19.0 Å². The van der Waals surface area contributed by atoms with E-state index in [4.69, 9.17) is 0 Å². The van der Waals surface area contributed by atoms with Crippen LogP contribution in [0.2, 0.25) is 0 Å². The van der Waals surface area contributed by atoms with Gasteiger partial charge in [0.25, 0.3) is 0 Å². The molecule has 0 aliphatic rings. The molecule has 3 rings (SSSR count). The summed E-state index contributed by atoms with van der Waals surface area (Å²) in [6.45, 7) is 2.10. The molecule has 1 aromatic heterocycles. The van der Waals surface area contributed by atoms with E-state index in [1.807, 2.05) is 11.3 Å². The first-order valence-corrected chi connectivity index (χ1v) is 8.00. The fourth-order valence-corrected chi connectivity index (χ4v) is 3.86. The zero-order valence-corrected chi connectivity index (χ0v) is 13.4. The van der Waals surface area contributed by atoms with Crippen LogP contribution in [0, 0.1) is 0 Å². The largest absolute Gasteiger partial charge is 0.377 e. The molecule has 0 amide bonds. The molecular formula is C19H19NS. The van der Waals surface area contributed by atoms with E-state index < -0.39 is 0 Å². The second kappa shape index (κ2) is 5.74. The zero-order valence-electron chi connectivity index (χ0n) is 12.6. The third-order valence-corrected chi connectivity index (χ3v) is 4.74. The van der Waals surface area contributed by atoms with E-state index in [1.54, 1.807) is 0 Å². The van der Waals surface area contributed by atoms with Crippen LogP contribution in [0.4, 0.5) is 0 Å². The maximum Gasteiger partial charge on any atom is 0.0442 e. The van der Waals surface area contributed by atoms with Crippen molar-refractivity contribution >= 4 is 27.1 Å². The molecule has 0 saturated heterocycles. The Kier molecular flexibility index (Phi) is 3.80. The van der Waals surface area contributed by atoms with Gasteiger partial charge in [0, 0.05) is 41.0 Å². The van der Waals surface area contributed by atoms with Crippen molar-refractivity contribution in [1.29, 1.82) is 0 Å². The van der Waals surface area contributed by atoms with Gasteiger partial charge in [-0.3, -0.25) is 0 Å². The lowest BCUT2D eigenvalue weighted by molar-refractivity contribution is 0.592. The number of benzene rings is 2. The van der Waals surface area contributed by atoms with Crippen LogP contribution in [0.1, 0.15) is 12.5 Å². The smallest absolute Gasteiger partial charge is 0.0442 e. The Balaban J connectivity index is 2.22. The zero-order chi connectivity index (χ0) is 14.8. The third kappa shape index (κ3) is 2.47. The molecule has 0 atom stereocenters. The number of fused-ring (bicyclic) bond motifs is 1. The van der Waals surface area contributed by atoms with E-state index in [0.29, 0.717) is 0 Å². The monoisotopic (exact) mass is 293 g/mol. The normalized spacial score (nSPS) is 11.9. The number of thiophene rings is 1. The molecule has 1 nitrogen and oxygen atoms in total. The van der Waals surface area contributed by atoms with Crippen molar-refractivity contribution in [1.82, 2.24) is 4.90 Å². The van der Waals surface area contributed by atoms with Crippen molar-refractivity contribution in [2.75, 3.05) is 14.1 Å². The Hall–Kier alpha value is -2.06. The molecule has 2 aromatic carbocycles. The molecule has 106 valence electrons. The van der Waals surface area contributed by atoms with Gasteiger partial charge >= 0.3 is 0 Å². The van der Waals surface area contributed by atoms with E-state index in [1.165, 1.54) is 32.5 Å². The van der Waals surface area contributed by atoms with Gasteiger partial charge in [-0.15, -0.1) is 11.3 Å². The van der Waals surface area contributed by atoms with Crippen molar-refractivity contribution in [3.8, 4) is 11.1 Å². The highest BCUT2D eigenvalue weighted by molar-refractivity contribution is 7.18. The fourth-order valence-electron chi connectivity index (χ4n) is 2.75. The predicted octanol–water partition coefficient (Wildman–Crippen LogP) is 5.49. The highest BCUT2D eigenvalue weighted by atomic mass is 32.1. The van der Waals surface area contributed by atoms with Crippen LogP contribution >= 0.6 is 11.3 Å². The summed E-state index contributed by atoms with van der Waals surface area (Å²) < 4.78 is 1.36. The number of hydrogen-bond donors (Lipinski definition) is 0. The van der Waals surface area contributed by atoms with E-state index in [0.717, 1.165) is 0 Å². The topological polar surface area (TPSA) is 3.24 Å². The van der Waals surface area contributed by atoms with Gasteiger partial charge in [-0.2, -0.15) is 0 Å². The Bertz CT molecular complexity index is 782. The summed E-state index contributed by atoms with van der Waals surface area (Å²) in [7, 11) is 4.19. The molecule has 0 fully saturated rings. The minimum atomic E-state index is 1.27. The summed E-state index contributed by atoms with van der Waals surface area (Å²) in [4.78, 5) is 2.18. The van der Waals surface area contributed by atoms with Crippen molar-refractivity contribution in [2.45, 2.75) is 6.92 Å². The molecule has 0 spiro atoms. The van der Waals surface area contributed by atoms with Crippen LogP contribution in [0.15, 0.2) is 60.0 Å². The van der Waals surface area contributed by atoms with E-state index >= 15 is 0 Å². The average Bonchev–Trinajstić information content (AvgIpc) is 2.93. The fraction of sp³-hybridized carbons (Fsp3) is 0.158. The van der Waals surface area contributed by atoms with Crippen LogP contribution in [-0.2, 0) is 0 Å². The third-order valence-electron chi connectivity index (χ3n) is 3.72. The van der Waals surface area contributed by atoms with E-state index in [-0.39, 0.29) is 0 Å². The number of rotatable bonds is 3. The highest BCUT2D eigenvalue weighted by Gasteiger charge is 2.12. The minimum absolute atomic E-state index is 1.27. The summed E-state index contributed by atoms with van der Waals surface area (Å²) in [6, 6.07) is 17.2. The second-order valence-electron chi connectivity index (χ2n) is 5.27. The number of nitrogens with zero attached hydrogens (tertiary/aromatic N) is 1. The summed E-state index contributed by atoms with van der Waals surface area (Å²) in [6.07, 6.45) is 2.18. The van der Waals surface area contributed by atoms with Gasteiger partial charge in [-0.05, 0) is 17.9 Å². The lowest BCUT2D eigenvalue weighted by Gasteiger charge is -2.18. The van der Waals surface area contributed by atoms with E-state index in [9.17, 15) is 0 Å². The molecule has 2 heteroatoms. The molecule has 21 heavy (non-hydrogen) atoms. The van der Waals surface area contributed by atoms with Crippen LogP contribution < -0.4 is 0 Å². The Morgan fingerprint density at radius 3 is 2.43 bits per heavy atom. The van der Waals surface area contributed by atoms with Crippen molar-refractivity contribution < 1.29 is 0 Å². The maximum atomic E-state index is 2.27. The summed E-state index contributed by atoms with van der Waals surface area (Å²) >= 11 is 1.83. The van der Waals surface area contributed by atoms with Crippen LogP contribution in [0.5, 0.6) is 0 Å². The van der Waals surface area contributed by atoms with Crippen molar-refractivity contribution in [3.05, 3.63) is 65.6 Å². The first kappa shape index (κ1) is 13.9. The Morgan fingerprint density at radius 2 is 1.76 bits per heavy atom. The predicted molar refractivity (Wildman–Crippen MR) is 94.6 cm³/mol. The minimum Gasteiger partial charge on any atom is -0.377 e. The van der Waals surface area contributed by atoms with E-state index in [2.05, 4.69) is 85.9 Å². The van der Waals surface area contributed by atoms with Gasteiger partial charge in [0.1, 0.15) is 0 Å². The molecule has 0 saturated carbocycles.